The van der Waals surface area contributed by atoms with E-state index >= 15 is 0 Å². The summed E-state index contributed by atoms with van der Waals surface area (Å²) in [6.45, 7) is 1.64. The summed E-state index contributed by atoms with van der Waals surface area (Å²) in [4.78, 5) is 20.2. The summed E-state index contributed by atoms with van der Waals surface area (Å²) >= 11 is 0. The van der Waals surface area contributed by atoms with Gasteiger partial charge in [-0.3, -0.25) is 4.79 Å². The number of rotatable bonds is 3. The maximum absolute atomic E-state index is 12.9. The summed E-state index contributed by atoms with van der Waals surface area (Å²) in [6, 6.07) is 14.1. The Kier molecular flexibility index (Phi) is 3.96. The molecule has 6 nitrogen and oxygen atoms in total. The van der Waals surface area contributed by atoms with Crippen molar-refractivity contribution >= 4 is 11.6 Å². The Hall–Kier alpha value is -3.02. The maximum atomic E-state index is 12.9. The van der Waals surface area contributed by atoms with Crippen molar-refractivity contribution in [2.24, 2.45) is 5.16 Å². The highest BCUT2D eigenvalue weighted by atomic mass is 16.7. The number of hydrogen-bond acceptors (Lipinski definition) is 5. The van der Waals surface area contributed by atoms with Crippen LogP contribution in [-0.4, -0.2) is 36.0 Å². The lowest BCUT2D eigenvalue weighted by atomic mass is 9.98. The van der Waals surface area contributed by atoms with Gasteiger partial charge < -0.3 is 19.2 Å². The molecule has 3 heterocycles. The van der Waals surface area contributed by atoms with E-state index in [1.807, 2.05) is 35.2 Å². The normalized spacial score (nSPS) is 20.1. The molecule has 27 heavy (non-hydrogen) atoms. The first kappa shape index (κ1) is 16.2. The average molecular weight is 364 g/mol. The molecular formula is C21H20N2O4. The van der Waals surface area contributed by atoms with Crippen molar-refractivity contribution < 1.29 is 19.1 Å². The Labute approximate surface area is 157 Å². The molecule has 0 bridgehead atoms. The Balaban J connectivity index is 1.21. The van der Waals surface area contributed by atoms with Gasteiger partial charge in [0.15, 0.2) is 11.5 Å². The first-order valence-electron chi connectivity index (χ1n) is 9.22. The van der Waals surface area contributed by atoms with Crippen LogP contribution >= 0.6 is 0 Å². The quantitative estimate of drug-likeness (QED) is 0.840. The van der Waals surface area contributed by atoms with Crippen LogP contribution in [0.5, 0.6) is 11.5 Å². The smallest absolute Gasteiger partial charge is 0.267 e. The van der Waals surface area contributed by atoms with Gasteiger partial charge in [0.05, 0.1) is 5.71 Å². The molecule has 3 aliphatic rings. The number of hydrogen-bond donors (Lipinski definition) is 0. The van der Waals surface area contributed by atoms with Crippen LogP contribution in [0, 0.1) is 0 Å². The summed E-state index contributed by atoms with van der Waals surface area (Å²) in [5.74, 6) is 1.54. The molecule has 0 radical (unpaired) electrons. The Bertz CT molecular complexity index is 924. The molecule has 0 saturated heterocycles. The van der Waals surface area contributed by atoms with Crippen molar-refractivity contribution in [2.75, 3.05) is 13.3 Å². The van der Waals surface area contributed by atoms with Crippen LogP contribution < -0.4 is 9.47 Å². The van der Waals surface area contributed by atoms with E-state index < -0.39 is 6.10 Å². The molecule has 2 aromatic carbocycles. The number of amides is 1. The Morgan fingerprint density at radius 2 is 1.96 bits per heavy atom. The van der Waals surface area contributed by atoms with Crippen LogP contribution in [0.1, 0.15) is 23.1 Å². The van der Waals surface area contributed by atoms with Gasteiger partial charge >= 0.3 is 0 Å². The van der Waals surface area contributed by atoms with Gasteiger partial charge in [-0.1, -0.05) is 35.5 Å². The number of carbonyl (C=O) groups excluding carboxylic acids is 1. The van der Waals surface area contributed by atoms with Gasteiger partial charge in [-0.25, -0.2) is 0 Å². The van der Waals surface area contributed by atoms with Crippen LogP contribution in [0.15, 0.2) is 47.6 Å². The lowest BCUT2D eigenvalue weighted by Gasteiger charge is -2.30. The van der Waals surface area contributed by atoms with Crippen LogP contribution in [0.25, 0.3) is 0 Å². The fourth-order valence-corrected chi connectivity index (χ4v) is 3.84. The molecule has 0 unspecified atom stereocenters. The lowest BCUT2D eigenvalue weighted by molar-refractivity contribution is -0.143. The third-order valence-corrected chi connectivity index (χ3v) is 5.29. The van der Waals surface area contributed by atoms with E-state index in [0.29, 0.717) is 19.4 Å². The van der Waals surface area contributed by atoms with Crippen LogP contribution in [0.3, 0.4) is 0 Å². The molecule has 0 fully saturated rings. The van der Waals surface area contributed by atoms with Crippen molar-refractivity contribution in [3.63, 3.8) is 0 Å². The Morgan fingerprint density at radius 1 is 1.11 bits per heavy atom. The molecule has 0 saturated carbocycles. The molecule has 2 aromatic rings. The highest BCUT2D eigenvalue weighted by Crippen LogP contribution is 2.33. The largest absolute Gasteiger partial charge is 0.454 e. The predicted octanol–water partition coefficient (Wildman–Crippen LogP) is 2.69. The zero-order chi connectivity index (χ0) is 18.2. The fraction of sp³-hybridized carbons (Fsp3) is 0.333. The van der Waals surface area contributed by atoms with E-state index in [-0.39, 0.29) is 12.7 Å². The minimum Gasteiger partial charge on any atom is -0.454 e. The van der Waals surface area contributed by atoms with E-state index in [1.165, 1.54) is 11.1 Å². The molecule has 3 aliphatic heterocycles. The van der Waals surface area contributed by atoms with E-state index in [9.17, 15) is 4.79 Å². The van der Waals surface area contributed by atoms with E-state index in [0.717, 1.165) is 35.7 Å². The molecule has 1 amide bonds. The number of ether oxygens (including phenoxy) is 2. The average Bonchev–Trinajstić information content (AvgIpc) is 3.36. The van der Waals surface area contributed by atoms with Crippen molar-refractivity contribution in [2.45, 2.75) is 31.9 Å². The zero-order valence-corrected chi connectivity index (χ0v) is 14.9. The molecule has 138 valence electrons. The van der Waals surface area contributed by atoms with Gasteiger partial charge in [0.2, 0.25) is 12.9 Å². The second-order valence-electron chi connectivity index (χ2n) is 7.10. The summed E-state index contributed by atoms with van der Waals surface area (Å²) in [7, 11) is 0. The van der Waals surface area contributed by atoms with E-state index in [2.05, 4.69) is 17.3 Å². The molecular weight excluding hydrogens is 344 g/mol. The highest BCUT2D eigenvalue weighted by molar-refractivity contribution is 5.94. The third kappa shape index (κ3) is 3.12. The number of nitrogens with zero attached hydrogens (tertiary/aromatic N) is 2. The van der Waals surface area contributed by atoms with Gasteiger partial charge in [-0.05, 0) is 35.2 Å². The monoisotopic (exact) mass is 364 g/mol. The fourth-order valence-electron chi connectivity index (χ4n) is 3.84. The molecule has 5 rings (SSSR count). The molecule has 0 spiro atoms. The minimum absolute atomic E-state index is 0.0222. The van der Waals surface area contributed by atoms with Gasteiger partial charge in [-0.2, -0.15) is 0 Å². The SMILES string of the molecule is O=C([C@H]1CC(Cc2ccc3c(c2)OCO3)=NO1)N1CCc2ccccc2C1. The predicted molar refractivity (Wildman–Crippen MR) is 98.8 cm³/mol. The number of fused-ring (bicyclic) bond motifs is 2. The molecule has 0 aliphatic carbocycles. The van der Waals surface area contributed by atoms with Crippen LogP contribution in [0.2, 0.25) is 0 Å². The summed E-state index contributed by atoms with van der Waals surface area (Å²) < 4.78 is 10.8. The number of benzene rings is 2. The van der Waals surface area contributed by atoms with Crippen LogP contribution in [-0.2, 0) is 29.0 Å². The Morgan fingerprint density at radius 3 is 2.89 bits per heavy atom. The summed E-state index contributed by atoms with van der Waals surface area (Å²) in [6.07, 6.45) is 1.55. The number of oxime groups is 1. The summed E-state index contributed by atoms with van der Waals surface area (Å²) in [5, 5.41) is 4.16. The first-order valence-corrected chi connectivity index (χ1v) is 9.22. The van der Waals surface area contributed by atoms with Crippen molar-refractivity contribution in [1.82, 2.24) is 4.90 Å². The van der Waals surface area contributed by atoms with Gasteiger partial charge in [0.25, 0.3) is 5.91 Å². The van der Waals surface area contributed by atoms with Gasteiger partial charge in [0, 0.05) is 25.9 Å². The molecule has 6 heteroatoms. The first-order chi connectivity index (χ1) is 13.3. The van der Waals surface area contributed by atoms with Crippen LogP contribution in [0.4, 0.5) is 0 Å². The second-order valence-corrected chi connectivity index (χ2v) is 7.10. The highest BCUT2D eigenvalue weighted by Gasteiger charge is 2.33. The van der Waals surface area contributed by atoms with E-state index in [1.54, 1.807) is 0 Å². The standard InChI is InChI=1S/C21H20N2O4/c24-21(23-8-7-15-3-1-2-4-16(15)12-23)20-11-17(22-27-20)9-14-5-6-18-19(10-14)26-13-25-18/h1-6,10,20H,7-9,11-13H2/t20-/m1/s1. The molecule has 1 atom stereocenters. The third-order valence-electron chi connectivity index (χ3n) is 5.29. The van der Waals surface area contributed by atoms with Crippen molar-refractivity contribution in [3.8, 4) is 11.5 Å². The van der Waals surface area contributed by atoms with Gasteiger partial charge in [-0.15, -0.1) is 0 Å². The topological polar surface area (TPSA) is 60.4 Å². The zero-order valence-electron chi connectivity index (χ0n) is 14.9. The molecule has 0 N–H and O–H groups in total. The lowest BCUT2D eigenvalue weighted by Crippen LogP contribution is -2.42. The van der Waals surface area contributed by atoms with Crippen molar-refractivity contribution in [1.29, 1.82) is 0 Å². The second kappa shape index (κ2) is 6.61. The van der Waals surface area contributed by atoms with Gasteiger partial charge in [0.1, 0.15) is 0 Å². The minimum atomic E-state index is -0.515. The molecule has 0 aromatic heterocycles. The van der Waals surface area contributed by atoms with Crippen molar-refractivity contribution in [3.05, 3.63) is 59.2 Å². The summed E-state index contributed by atoms with van der Waals surface area (Å²) in [5.41, 5.74) is 4.50. The maximum Gasteiger partial charge on any atom is 0.267 e. The van der Waals surface area contributed by atoms with E-state index in [4.69, 9.17) is 14.3 Å². The number of carbonyl (C=O) groups is 1.